The van der Waals surface area contributed by atoms with E-state index in [2.05, 4.69) is 328 Å². The Morgan fingerprint density at radius 2 is 0.701 bits per heavy atom. The summed E-state index contributed by atoms with van der Waals surface area (Å²) in [7, 11) is 0. The maximum absolute atomic E-state index is 2.80. The van der Waals surface area contributed by atoms with E-state index in [0.29, 0.717) is 0 Å². The third-order valence-electron chi connectivity index (χ3n) is 18.6. The summed E-state index contributed by atoms with van der Waals surface area (Å²) in [6.45, 7) is 16.7. The average molecular weight is 1140 g/mol. The van der Waals surface area contributed by atoms with Crippen LogP contribution in [-0.4, -0.2) is 13.4 Å². The fourth-order valence-corrected chi connectivity index (χ4v) is 16.4. The fraction of sp³-hybridized carbons (Fsp3) is 0.114. The highest BCUT2D eigenvalue weighted by Gasteiger charge is 2.54. The molecule has 0 bridgehead atoms. The summed E-state index contributed by atoms with van der Waals surface area (Å²) in [4.78, 5) is 15.9. The van der Waals surface area contributed by atoms with Crippen molar-refractivity contribution in [3.8, 4) is 22.3 Å². The Labute approximate surface area is 515 Å². The summed E-state index contributed by atoms with van der Waals surface area (Å²) >= 11 is 2.02. The third-order valence-corrected chi connectivity index (χ3v) is 20.6. The molecular weight excluding hydrogens is 1070 g/mol. The smallest absolute Gasteiger partial charge is 0.252 e. The zero-order valence-electron chi connectivity index (χ0n) is 50.0. The number of rotatable bonds is 7. The van der Waals surface area contributed by atoms with Crippen LogP contribution in [0.25, 0.3) is 22.3 Å². The van der Waals surface area contributed by atoms with Gasteiger partial charge in [0.25, 0.3) is 13.4 Å². The second-order valence-corrected chi connectivity index (χ2v) is 27.2. The second-order valence-electron chi connectivity index (χ2n) is 26.2. The molecule has 0 unspecified atom stereocenters. The Bertz CT molecular complexity index is 4710. The van der Waals surface area contributed by atoms with Crippen LogP contribution in [0.1, 0.15) is 56.9 Å². The minimum Gasteiger partial charge on any atom is -0.311 e. The second kappa shape index (κ2) is 19.1. The van der Waals surface area contributed by atoms with Gasteiger partial charge in [-0.1, -0.05) is 211 Å². The molecule has 0 saturated heterocycles. The number of fused-ring (bicyclic) bond motifs is 11. The molecule has 17 rings (SSSR count). The van der Waals surface area contributed by atoms with E-state index in [1.807, 2.05) is 11.3 Å². The van der Waals surface area contributed by atoms with Crippen molar-refractivity contribution in [1.82, 2.24) is 0 Å². The minimum absolute atomic E-state index is 0.0824. The van der Waals surface area contributed by atoms with Gasteiger partial charge < -0.3 is 24.5 Å². The van der Waals surface area contributed by atoms with Crippen molar-refractivity contribution in [2.24, 2.45) is 0 Å². The normalized spacial score (nSPS) is 13.8. The van der Waals surface area contributed by atoms with Crippen LogP contribution >= 0.6 is 11.3 Å². The van der Waals surface area contributed by atoms with Gasteiger partial charge in [-0.2, -0.15) is 0 Å². The SMILES string of the molecule is Cc1cc2c3c(c1)N1c4c(ccc5c4N(c4cc(N(c6ccccc6)c6ccccc6)cc6c4B5c4cc(-c5ccccc5)ccc4N6c4ccccc4)c4c(C(C)(C)C)sc(C(C)(C)C)c41)B3c1ccc(-c3ccccc3)cc1N2c1ccccc1. The Balaban J connectivity index is 1.04. The molecule has 0 amide bonds. The average Bonchev–Trinajstić information content (AvgIpc) is 1.65. The van der Waals surface area contributed by atoms with Crippen LogP contribution < -0.4 is 57.3 Å². The van der Waals surface area contributed by atoms with Crippen LogP contribution in [-0.2, 0) is 10.8 Å². The van der Waals surface area contributed by atoms with E-state index < -0.39 is 0 Å². The summed E-state index contributed by atoms with van der Waals surface area (Å²) in [6, 6.07) is 95.6. The Morgan fingerprint density at radius 1 is 0.310 bits per heavy atom. The molecule has 416 valence electrons. The molecule has 0 spiro atoms. The Hall–Kier alpha value is -9.75. The van der Waals surface area contributed by atoms with Gasteiger partial charge in [0.15, 0.2) is 0 Å². The minimum atomic E-state index is -0.237. The topological polar surface area (TPSA) is 16.2 Å². The molecule has 6 heterocycles. The fourth-order valence-electron chi connectivity index (χ4n) is 15.0. The molecule has 0 saturated carbocycles. The van der Waals surface area contributed by atoms with Crippen molar-refractivity contribution in [3.05, 3.63) is 270 Å². The van der Waals surface area contributed by atoms with Gasteiger partial charge >= 0.3 is 0 Å². The molecular formula is C79H63B2N5S. The summed E-state index contributed by atoms with van der Waals surface area (Å²) in [5.74, 6) is 0. The molecule has 0 N–H and O–H groups in total. The van der Waals surface area contributed by atoms with Crippen molar-refractivity contribution in [1.29, 1.82) is 0 Å². The lowest BCUT2D eigenvalue weighted by Gasteiger charge is -2.52. The van der Waals surface area contributed by atoms with Gasteiger partial charge in [-0.15, -0.1) is 11.3 Å². The molecule has 5 aliphatic rings. The van der Waals surface area contributed by atoms with E-state index in [-0.39, 0.29) is 24.3 Å². The largest absolute Gasteiger partial charge is 0.311 e. The quantitative estimate of drug-likeness (QED) is 0.147. The molecule has 5 aliphatic heterocycles. The van der Waals surface area contributed by atoms with Crippen LogP contribution in [0.4, 0.5) is 85.3 Å². The van der Waals surface area contributed by atoms with E-state index in [0.717, 1.165) is 28.4 Å². The van der Waals surface area contributed by atoms with Gasteiger partial charge in [0.1, 0.15) is 0 Å². The molecule has 1 aromatic heterocycles. The van der Waals surface area contributed by atoms with Crippen molar-refractivity contribution < 1.29 is 0 Å². The first kappa shape index (κ1) is 51.7. The molecule has 87 heavy (non-hydrogen) atoms. The van der Waals surface area contributed by atoms with Crippen molar-refractivity contribution >= 4 is 143 Å². The van der Waals surface area contributed by atoms with Crippen molar-refractivity contribution in [2.75, 3.05) is 24.5 Å². The third kappa shape index (κ3) is 7.73. The van der Waals surface area contributed by atoms with Gasteiger partial charge in [-0.25, -0.2) is 0 Å². The number of hydrogen-bond acceptors (Lipinski definition) is 6. The van der Waals surface area contributed by atoms with E-state index >= 15 is 0 Å². The summed E-state index contributed by atoms with van der Waals surface area (Å²) < 4.78 is 0. The number of hydrogen-bond donors (Lipinski definition) is 0. The van der Waals surface area contributed by atoms with Crippen molar-refractivity contribution in [2.45, 2.75) is 59.3 Å². The number of aryl methyl sites for hydroxylation is 1. The molecule has 0 radical (unpaired) electrons. The first-order valence-corrected chi connectivity index (χ1v) is 31.5. The number of thiophene rings is 1. The number of anilines is 15. The number of benzene rings is 11. The summed E-state index contributed by atoms with van der Waals surface area (Å²) in [6.07, 6.45) is 0. The maximum atomic E-state index is 2.80. The maximum Gasteiger partial charge on any atom is 0.252 e. The van der Waals surface area contributed by atoms with E-state index in [4.69, 9.17) is 0 Å². The van der Waals surface area contributed by atoms with Crippen LogP contribution in [0.15, 0.2) is 255 Å². The highest BCUT2D eigenvalue weighted by Crippen LogP contribution is 2.65. The van der Waals surface area contributed by atoms with E-state index in [9.17, 15) is 0 Å². The zero-order valence-corrected chi connectivity index (χ0v) is 50.9. The number of nitrogens with zero attached hydrogens (tertiary/aromatic N) is 5. The lowest BCUT2D eigenvalue weighted by molar-refractivity contribution is 0.602. The molecule has 8 heteroatoms. The van der Waals surface area contributed by atoms with Gasteiger partial charge in [-0.3, -0.25) is 0 Å². The Kier molecular flexibility index (Phi) is 11.4. The molecule has 0 atom stereocenters. The van der Waals surface area contributed by atoms with Gasteiger partial charge in [0, 0.05) is 66.6 Å². The standard InChI is InChI=1S/C79H63B2N5S/c1-50-44-66-70-67(45-50)85-72-61(80(70)60-40-38-54(52-28-16-9-17-29-52)47-65(60)84(66)58-36-24-13-25-37-58)41-42-62-73(72)86(75-74(85)76(78(2,3)4)87-77(75)79(5,6)7)69-49-59(82(55-30-18-10-19-31-55)56-32-20-11-21-33-56)48-68-71(69)81(62)63-46-53(51-26-14-8-15-27-51)39-43-64(63)83(68)57-34-22-12-23-35-57/h8-49H,1-7H3. The Morgan fingerprint density at radius 3 is 1.20 bits per heavy atom. The first-order valence-electron chi connectivity index (χ1n) is 30.7. The molecule has 11 aromatic carbocycles. The predicted molar refractivity (Wildman–Crippen MR) is 374 cm³/mol. The molecule has 5 nitrogen and oxygen atoms in total. The van der Waals surface area contributed by atoms with E-state index in [1.165, 1.54) is 127 Å². The first-order chi connectivity index (χ1) is 42.4. The number of para-hydroxylation sites is 4. The molecule has 12 aromatic rings. The van der Waals surface area contributed by atoms with E-state index in [1.54, 1.807) is 0 Å². The lowest BCUT2D eigenvalue weighted by atomic mass is 9.30. The van der Waals surface area contributed by atoms with Gasteiger partial charge in [0.05, 0.1) is 28.4 Å². The lowest BCUT2D eigenvalue weighted by Crippen LogP contribution is -2.65. The summed E-state index contributed by atoms with van der Waals surface area (Å²) in [5, 5.41) is 0. The summed E-state index contributed by atoms with van der Waals surface area (Å²) in [5.41, 5.74) is 31.4. The molecule has 0 fully saturated rings. The van der Waals surface area contributed by atoms with Gasteiger partial charge in [0.2, 0.25) is 0 Å². The highest BCUT2D eigenvalue weighted by molar-refractivity contribution is 7.14. The van der Waals surface area contributed by atoms with Crippen LogP contribution in [0.3, 0.4) is 0 Å². The van der Waals surface area contributed by atoms with Crippen LogP contribution in [0.2, 0.25) is 0 Å². The van der Waals surface area contributed by atoms with Crippen molar-refractivity contribution in [3.63, 3.8) is 0 Å². The van der Waals surface area contributed by atoms with Crippen LogP contribution in [0.5, 0.6) is 0 Å². The predicted octanol–water partition coefficient (Wildman–Crippen LogP) is 17.9. The highest BCUT2D eigenvalue weighted by atomic mass is 32.1. The van der Waals surface area contributed by atoms with Crippen LogP contribution in [0, 0.1) is 6.92 Å². The van der Waals surface area contributed by atoms with Gasteiger partial charge in [-0.05, 0) is 163 Å². The molecule has 0 aliphatic carbocycles. The monoisotopic (exact) mass is 1140 g/mol. The zero-order chi connectivity index (χ0) is 58.6.